The highest BCUT2D eigenvalue weighted by Crippen LogP contribution is 2.36. The van der Waals surface area contributed by atoms with Crippen molar-refractivity contribution in [3.05, 3.63) is 64.6 Å². The molecule has 0 saturated heterocycles. The molecule has 4 rings (SSSR count). The molecule has 1 aromatic heterocycles. The van der Waals surface area contributed by atoms with Crippen LogP contribution in [0.5, 0.6) is 11.5 Å². The Morgan fingerprint density at radius 2 is 2.00 bits per heavy atom. The van der Waals surface area contributed by atoms with Crippen LogP contribution in [0.25, 0.3) is 16.8 Å². The minimum Gasteiger partial charge on any atom is -0.454 e. The predicted octanol–water partition coefficient (Wildman–Crippen LogP) is 5.53. The van der Waals surface area contributed by atoms with E-state index in [2.05, 4.69) is 10.3 Å². The minimum atomic E-state index is -4.44. The molecule has 0 aliphatic carbocycles. The second-order valence-corrected chi connectivity index (χ2v) is 6.86. The van der Waals surface area contributed by atoms with E-state index in [9.17, 15) is 18.4 Å². The lowest BCUT2D eigenvalue weighted by Gasteiger charge is -2.08. The lowest BCUT2D eigenvalue weighted by molar-refractivity contribution is -0.137. The standard InChI is InChI=1S/C20H12F3N3O2S/c21-20(22,23)14-2-1-3-15(7-14)25-9-13(8-24)19-26-16(10-29-19)12-4-5-17-18(6-12)28-11-27-17/h1-7,9-10,25H,11H2/b13-9+. The number of halogens is 3. The maximum absolute atomic E-state index is 12.8. The number of thiazole rings is 1. The van der Waals surface area contributed by atoms with E-state index in [1.807, 2.05) is 12.1 Å². The average molecular weight is 415 g/mol. The van der Waals surface area contributed by atoms with Gasteiger partial charge in [0.2, 0.25) is 6.79 Å². The number of fused-ring (bicyclic) bond motifs is 1. The number of rotatable bonds is 4. The number of alkyl halides is 3. The van der Waals surface area contributed by atoms with E-state index >= 15 is 0 Å². The van der Waals surface area contributed by atoms with Gasteiger partial charge in [0.05, 0.1) is 11.3 Å². The molecule has 0 unspecified atom stereocenters. The zero-order valence-corrected chi connectivity index (χ0v) is 15.5. The molecule has 0 spiro atoms. The molecule has 0 radical (unpaired) electrons. The van der Waals surface area contributed by atoms with Crippen molar-refractivity contribution in [2.75, 3.05) is 12.1 Å². The van der Waals surface area contributed by atoms with Crippen molar-refractivity contribution in [1.82, 2.24) is 4.98 Å². The summed E-state index contributed by atoms with van der Waals surface area (Å²) in [5.74, 6) is 1.28. The number of anilines is 1. The largest absolute Gasteiger partial charge is 0.454 e. The molecule has 1 N–H and O–H groups in total. The number of hydrogen-bond donors (Lipinski definition) is 1. The predicted molar refractivity (Wildman–Crippen MR) is 102 cm³/mol. The second-order valence-electron chi connectivity index (χ2n) is 6.00. The Kier molecular flexibility index (Phi) is 4.86. The first-order valence-corrected chi connectivity index (χ1v) is 9.22. The lowest BCUT2D eigenvalue weighted by Crippen LogP contribution is -2.05. The number of nitriles is 1. The van der Waals surface area contributed by atoms with Crippen LogP contribution in [0.15, 0.2) is 54.0 Å². The summed E-state index contributed by atoms with van der Waals surface area (Å²) in [7, 11) is 0. The van der Waals surface area contributed by atoms with Crippen LogP contribution in [0.4, 0.5) is 18.9 Å². The minimum absolute atomic E-state index is 0.170. The summed E-state index contributed by atoms with van der Waals surface area (Å²) in [6.07, 6.45) is -3.09. The van der Waals surface area contributed by atoms with E-state index in [1.54, 1.807) is 17.5 Å². The zero-order valence-electron chi connectivity index (χ0n) is 14.7. The third kappa shape index (κ3) is 4.02. The van der Waals surface area contributed by atoms with Crippen molar-refractivity contribution in [2.24, 2.45) is 0 Å². The van der Waals surface area contributed by atoms with Crippen LogP contribution in [0, 0.1) is 11.3 Å². The fourth-order valence-electron chi connectivity index (χ4n) is 2.67. The highest BCUT2D eigenvalue weighted by Gasteiger charge is 2.30. The summed E-state index contributed by atoms with van der Waals surface area (Å²) in [5, 5.41) is 14.4. The van der Waals surface area contributed by atoms with Gasteiger partial charge in [-0.15, -0.1) is 11.3 Å². The first-order chi connectivity index (χ1) is 13.9. The van der Waals surface area contributed by atoms with Crippen LogP contribution in [0.3, 0.4) is 0 Å². The van der Waals surface area contributed by atoms with Crippen LogP contribution in [-0.4, -0.2) is 11.8 Å². The summed E-state index contributed by atoms with van der Waals surface area (Å²) in [6, 6.07) is 12.2. The summed E-state index contributed by atoms with van der Waals surface area (Å²) in [6.45, 7) is 0.170. The van der Waals surface area contributed by atoms with Crippen molar-refractivity contribution < 1.29 is 22.6 Å². The molecule has 9 heteroatoms. The maximum atomic E-state index is 12.8. The smallest absolute Gasteiger partial charge is 0.416 e. The van der Waals surface area contributed by atoms with Gasteiger partial charge < -0.3 is 14.8 Å². The van der Waals surface area contributed by atoms with Gasteiger partial charge in [0.1, 0.15) is 16.6 Å². The van der Waals surface area contributed by atoms with Gasteiger partial charge in [0.15, 0.2) is 11.5 Å². The second kappa shape index (κ2) is 7.48. The molecule has 1 aliphatic rings. The fourth-order valence-corrected chi connectivity index (χ4v) is 3.46. The van der Waals surface area contributed by atoms with Gasteiger partial charge in [-0.1, -0.05) is 6.07 Å². The Balaban J connectivity index is 1.55. The zero-order chi connectivity index (χ0) is 20.4. The Labute approximate surface area is 167 Å². The van der Waals surface area contributed by atoms with Gasteiger partial charge >= 0.3 is 6.18 Å². The SMILES string of the molecule is N#C/C(=C\Nc1cccc(C(F)(F)F)c1)c1nc(-c2ccc3c(c2)OCO3)cs1. The normalized spacial score (nSPS) is 13.2. The van der Waals surface area contributed by atoms with E-state index in [1.165, 1.54) is 29.7 Å². The average Bonchev–Trinajstić information content (AvgIpc) is 3.37. The molecule has 0 amide bonds. The third-order valence-corrected chi connectivity index (χ3v) is 4.97. The topological polar surface area (TPSA) is 67.2 Å². The number of nitrogens with one attached hydrogen (secondary N) is 1. The van der Waals surface area contributed by atoms with Crippen molar-refractivity contribution in [1.29, 1.82) is 5.26 Å². The first-order valence-electron chi connectivity index (χ1n) is 8.34. The molecule has 2 heterocycles. The highest BCUT2D eigenvalue weighted by molar-refractivity contribution is 7.11. The number of allylic oxidation sites excluding steroid dienone is 1. The molecule has 1 aliphatic heterocycles. The molecule has 2 aromatic carbocycles. The van der Waals surface area contributed by atoms with E-state index in [4.69, 9.17) is 9.47 Å². The molecule has 3 aromatic rings. The Morgan fingerprint density at radius 3 is 2.79 bits per heavy atom. The lowest BCUT2D eigenvalue weighted by atomic mass is 10.1. The summed E-state index contributed by atoms with van der Waals surface area (Å²) < 4.78 is 49.1. The molecule has 5 nitrogen and oxygen atoms in total. The molecular formula is C20H12F3N3O2S. The molecule has 0 atom stereocenters. The van der Waals surface area contributed by atoms with Gasteiger partial charge in [0.25, 0.3) is 0 Å². The first kappa shape index (κ1) is 18.8. The fraction of sp³-hybridized carbons (Fsp3) is 0.100. The monoisotopic (exact) mass is 415 g/mol. The van der Waals surface area contributed by atoms with Crippen LogP contribution in [-0.2, 0) is 6.18 Å². The van der Waals surface area contributed by atoms with E-state index in [0.717, 1.165) is 17.7 Å². The highest BCUT2D eigenvalue weighted by atomic mass is 32.1. The van der Waals surface area contributed by atoms with Gasteiger partial charge in [-0.3, -0.25) is 0 Å². The molecule has 0 bridgehead atoms. The van der Waals surface area contributed by atoms with Crippen molar-refractivity contribution in [2.45, 2.75) is 6.18 Å². The van der Waals surface area contributed by atoms with E-state index < -0.39 is 11.7 Å². The van der Waals surface area contributed by atoms with E-state index in [-0.39, 0.29) is 18.1 Å². The van der Waals surface area contributed by atoms with Gasteiger partial charge in [0, 0.05) is 22.8 Å². The van der Waals surface area contributed by atoms with Crippen molar-refractivity contribution >= 4 is 22.6 Å². The van der Waals surface area contributed by atoms with Gasteiger partial charge in [-0.2, -0.15) is 18.4 Å². The molecule has 29 heavy (non-hydrogen) atoms. The number of nitrogens with zero attached hydrogens (tertiary/aromatic N) is 2. The maximum Gasteiger partial charge on any atom is 0.416 e. The number of hydrogen-bond acceptors (Lipinski definition) is 6. The molecule has 0 saturated carbocycles. The Morgan fingerprint density at radius 1 is 1.17 bits per heavy atom. The summed E-state index contributed by atoms with van der Waals surface area (Å²) in [4.78, 5) is 4.46. The van der Waals surface area contributed by atoms with Crippen LogP contribution >= 0.6 is 11.3 Å². The Bertz CT molecular complexity index is 1130. The number of ether oxygens (including phenoxy) is 2. The number of aromatic nitrogens is 1. The van der Waals surface area contributed by atoms with Crippen LogP contribution in [0.1, 0.15) is 10.6 Å². The molecule has 0 fully saturated rings. The molecular weight excluding hydrogens is 403 g/mol. The Hall–Kier alpha value is -3.51. The van der Waals surface area contributed by atoms with Crippen molar-refractivity contribution in [3.63, 3.8) is 0 Å². The summed E-state index contributed by atoms with van der Waals surface area (Å²) >= 11 is 1.26. The van der Waals surface area contributed by atoms with Crippen LogP contribution in [0.2, 0.25) is 0 Å². The van der Waals surface area contributed by atoms with Crippen molar-refractivity contribution in [3.8, 4) is 28.8 Å². The number of benzene rings is 2. The van der Waals surface area contributed by atoms with Crippen LogP contribution < -0.4 is 14.8 Å². The van der Waals surface area contributed by atoms with Gasteiger partial charge in [-0.05, 0) is 36.4 Å². The summed E-state index contributed by atoms with van der Waals surface area (Å²) in [5.41, 5.74) is 1.12. The quantitative estimate of drug-likeness (QED) is 0.567. The van der Waals surface area contributed by atoms with E-state index in [0.29, 0.717) is 22.2 Å². The van der Waals surface area contributed by atoms with Gasteiger partial charge in [-0.25, -0.2) is 4.98 Å². The molecule has 146 valence electrons. The third-order valence-electron chi connectivity index (χ3n) is 4.10.